The molecule has 128 valence electrons. The first-order valence-corrected chi connectivity index (χ1v) is 8.18. The third-order valence-electron chi connectivity index (χ3n) is 3.85. The Morgan fingerprint density at radius 2 is 2.08 bits per heavy atom. The second kappa shape index (κ2) is 7.68. The first-order chi connectivity index (χ1) is 11.7. The summed E-state index contributed by atoms with van der Waals surface area (Å²) in [5.74, 6) is 1.57. The van der Waals surface area contributed by atoms with Gasteiger partial charge < -0.3 is 19.1 Å². The maximum atomic E-state index is 6.13. The van der Waals surface area contributed by atoms with Crippen LogP contribution in [0.15, 0.2) is 30.3 Å². The van der Waals surface area contributed by atoms with Crippen LogP contribution >= 0.6 is 11.6 Å². The molecule has 2 heterocycles. The number of halogens is 1. The molecular formula is C17H20ClN3O3. The molecule has 1 atom stereocenters. The van der Waals surface area contributed by atoms with Gasteiger partial charge in [-0.05, 0) is 24.6 Å². The summed E-state index contributed by atoms with van der Waals surface area (Å²) in [6, 6.07) is 9.91. The molecule has 0 aliphatic carbocycles. The van der Waals surface area contributed by atoms with Crippen molar-refractivity contribution < 1.29 is 14.2 Å². The van der Waals surface area contributed by atoms with E-state index in [4.69, 9.17) is 25.8 Å². The summed E-state index contributed by atoms with van der Waals surface area (Å²) in [6.45, 7) is 4.57. The van der Waals surface area contributed by atoms with Gasteiger partial charge in [0, 0.05) is 12.6 Å². The fourth-order valence-electron chi connectivity index (χ4n) is 2.53. The second-order valence-electron chi connectivity index (χ2n) is 5.59. The van der Waals surface area contributed by atoms with Gasteiger partial charge in [0.25, 0.3) is 0 Å². The molecule has 0 amide bonds. The van der Waals surface area contributed by atoms with Gasteiger partial charge in [-0.25, -0.2) is 0 Å². The lowest BCUT2D eigenvalue weighted by molar-refractivity contribution is 0.0984. The van der Waals surface area contributed by atoms with Crippen LogP contribution in [0.4, 0.5) is 5.82 Å². The minimum Gasteiger partial charge on any atom is -0.497 e. The second-order valence-corrected chi connectivity index (χ2v) is 5.97. The summed E-state index contributed by atoms with van der Waals surface area (Å²) in [5.41, 5.74) is 1.00. The van der Waals surface area contributed by atoms with Gasteiger partial charge in [0.05, 0.1) is 26.4 Å². The van der Waals surface area contributed by atoms with Crippen molar-refractivity contribution in [1.82, 2.24) is 9.97 Å². The Morgan fingerprint density at radius 3 is 2.79 bits per heavy atom. The normalized spacial score (nSPS) is 17.6. The van der Waals surface area contributed by atoms with Gasteiger partial charge in [0.1, 0.15) is 23.3 Å². The maximum Gasteiger partial charge on any atom is 0.320 e. The third kappa shape index (κ3) is 4.07. The third-order valence-corrected chi connectivity index (χ3v) is 4.04. The van der Waals surface area contributed by atoms with Crippen molar-refractivity contribution in [3.05, 3.63) is 41.0 Å². The molecule has 24 heavy (non-hydrogen) atoms. The number of hydrogen-bond donors (Lipinski definition) is 0. The van der Waals surface area contributed by atoms with Crippen LogP contribution in [0.3, 0.4) is 0 Å². The van der Waals surface area contributed by atoms with E-state index in [9.17, 15) is 0 Å². The van der Waals surface area contributed by atoms with E-state index >= 15 is 0 Å². The van der Waals surface area contributed by atoms with E-state index < -0.39 is 0 Å². The molecule has 0 spiro atoms. The number of morpholine rings is 1. The van der Waals surface area contributed by atoms with Crippen LogP contribution in [0.2, 0.25) is 5.15 Å². The summed E-state index contributed by atoms with van der Waals surface area (Å²) >= 11 is 6.13. The van der Waals surface area contributed by atoms with Gasteiger partial charge in [-0.15, -0.1) is 0 Å². The van der Waals surface area contributed by atoms with Crippen molar-refractivity contribution in [2.24, 2.45) is 0 Å². The minimum absolute atomic E-state index is 0.235. The van der Waals surface area contributed by atoms with Crippen molar-refractivity contribution in [3.8, 4) is 11.8 Å². The monoisotopic (exact) mass is 349 g/mol. The van der Waals surface area contributed by atoms with Crippen LogP contribution < -0.4 is 14.4 Å². The van der Waals surface area contributed by atoms with E-state index in [2.05, 4.69) is 21.8 Å². The topological polar surface area (TPSA) is 56.7 Å². The molecule has 6 nitrogen and oxygen atoms in total. The Kier molecular flexibility index (Phi) is 5.37. The minimum atomic E-state index is 0.235. The average molecular weight is 350 g/mol. The van der Waals surface area contributed by atoms with Gasteiger partial charge in [-0.1, -0.05) is 23.7 Å². The average Bonchev–Trinajstić information content (AvgIpc) is 2.60. The molecule has 3 rings (SSSR count). The Hall–Kier alpha value is -2.05. The number of ether oxygens (including phenoxy) is 3. The number of aromatic nitrogens is 2. The predicted octanol–water partition coefficient (Wildman–Crippen LogP) is 2.94. The Labute approximate surface area is 146 Å². The molecule has 2 aromatic rings. The Balaban J connectivity index is 1.71. The molecule has 1 aromatic heterocycles. The fourth-order valence-corrected chi connectivity index (χ4v) is 2.70. The molecule has 1 aliphatic heterocycles. The zero-order valence-electron chi connectivity index (χ0n) is 13.7. The predicted molar refractivity (Wildman–Crippen MR) is 92.0 cm³/mol. The number of benzene rings is 1. The summed E-state index contributed by atoms with van der Waals surface area (Å²) in [5, 5.41) is 0.364. The van der Waals surface area contributed by atoms with E-state index in [0.717, 1.165) is 23.7 Å². The Bertz CT molecular complexity index is 681. The molecular weight excluding hydrogens is 330 g/mol. The maximum absolute atomic E-state index is 6.13. The lowest BCUT2D eigenvalue weighted by Crippen LogP contribution is -2.44. The number of anilines is 1. The molecule has 0 unspecified atom stereocenters. The van der Waals surface area contributed by atoms with Gasteiger partial charge in [0.15, 0.2) is 0 Å². The van der Waals surface area contributed by atoms with E-state index in [-0.39, 0.29) is 12.1 Å². The van der Waals surface area contributed by atoms with Crippen molar-refractivity contribution in [2.75, 3.05) is 31.8 Å². The number of rotatable bonds is 5. The highest BCUT2D eigenvalue weighted by Crippen LogP contribution is 2.23. The first kappa shape index (κ1) is 16.8. The highest BCUT2D eigenvalue weighted by atomic mass is 35.5. The van der Waals surface area contributed by atoms with Gasteiger partial charge >= 0.3 is 6.01 Å². The quantitative estimate of drug-likeness (QED) is 0.773. The smallest absolute Gasteiger partial charge is 0.320 e. The van der Waals surface area contributed by atoms with Crippen molar-refractivity contribution >= 4 is 17.4 Å². The zero-order chi connectivity index (χ0) is 16.9. The lowest BCUT2D eigenvalue weighted by atomic mass is 10.2. The summed E-state index contributed by atoms with van der Waals surface area (Å²) in [7, 11) is 1.64. The summed E-state index contributed by atoms with van der Waals surface area (Å²) in [4.78, 5) is 10.8. The highest BCUT2D eigenvalue weighted by Gasteiger charge is 2.21. The van der Waals surface area contributed by atoms with Gasteiger partial charge in [-0.3, -0.25) is 0 Å². The number of nitrogens with zero attached hydrogens (tertiary/aromatic N) is 3. The van der Waals surface area contributed by atoms with E-state index in [1.54, 1.807) is 13.2 Å². The van der Waals surface area contributed by atoms with E-state index in [0.29, 0.717) is 25.0 Å². The van der Waals surface area contributed by atoms with Crippen molar-refractivity contribution in [3.63, 3.8) is 0 Å². The lowest BCUT2D eigenvalue weighted by Gasteiger charge is -2.34. The van der Waals surface area contributed by atoms with Crippen LogP contribution in [-0.2, 0) is 11.3 Å². The molecule has 0 radical (unpaired) electrons. The van der Waals surface area contributed by atoms with Crippen LogP contribution in [-0.4, -0.2) is 42.9 Å². The molecule has 1 aromatic carbocycles. The molecule has 0 bridgehead atoms. The Morgan fingerprint density at radius 1 is 1.29 bits per heavy atom. The SMILES string of the molecule is COc1ccc(COc2nc(Cl)cc(N3CCOC[C@H]3C)n2)cc1. The van der Waals surface area contributed by atoms with Crippen LogP contribution in [0.25, 0.3) is 0 Å². The van der Waals surface area contributed by atoms with Crippen LogP contribution in [0.1, 0.15) is 12.5 Å². The molecule has 1 aliphatic rings. The molecule has 0 N–H and O–H groups in total. The van der Waals surface area contributed by atoms with Crippen LogP contribution in [0, 0.1) is 0 Å². The summed E-state index contributed by atoms with van der Waals surface area (Å²) < 4.78 is 16.3. The first-order valence-electron chi connectivity index (χ1n) is 7.80. The number of hydrogen-bond acceptors (Lipinski definition) is 6. The zero-order valence-corrected chi connectivity index (χ0v) is 14.5. The molecule has 7 heteroatoms. The summed E-state index contributed by atoms with van der Waals surface area (Å²) in [6.07, 6.45) is 0. The van der Waals surface area contributed by atoms with Crippen molar-refractivity contribution in [2.45, 2.75) is 19.6 Å². The van der Waals surface area contributed by atoms with Crippen molar-refractivity contribution in [1.29, 1.82) is 0 Å². The van der Waals surface area contributed by atoms with Crippen LogP contribution in [0.5, 0.6) is 11.8 Å². The van der Waals surface area contributed by atoms with E-state index in [1.807, 2.05) is 24.3 Å². The van der Waals surface area contributed by atoms with Gasteiger partial charge in [-0.2, -0.15) is 9.97 Å². The highest BCUT2D eigenvalue weighted by molar-refractivity contribution is 6.29. The van der Waals surface area contributed by atoms with E-state index in [1.165, 1.54) is 0 Å². The fraction of sp³-hybridized carbons (Fsp3) is 0.412. The molecule has 0 saturated carbocycles. The molecule has 1 fully saturated rings. The number of methoxy groups -OCH3 is 1. The largest absolute Gasteiger partial charge is 0.497 e. The van der Waals surface area contributed by atoms with Gasteiger partial charge in [0.2, 0.25) is 0 Å². The molecule has 1 saturated heterocycles. The standard InChI is InChI=1S/C17H20ClN3O3/c1-12-10-23-8-7-21(12)16-9-15(18)19-17(20-16)24-11-13-3-5-14(22-2)6-4-13/h3-6,9,12H,7-8,10-11H2,1-2H3/t12-/m1/s1.